The van der Waals surface area contributed by atoms with Gasteiger partial charge in [-0.2, -0.15) is 0 Å². The van der Waals surface area contributed by atoms with Crippen LogP contribution in [-0.2, 0) is 16.1 Å². The molecule has 1 aliphatic rings. The molecule has 2 amide bonds. The van der Waals surface area contributed by atoms with Crippen LogP contribution in [0.3, 0.4) is 0 Å². The Kier molecular flexibility index (Phi) is 5.28. The van der Waals surface area contributed by atoms with Gasteiger partial charge >= 0.3 is 0 Å². The first-order valence-corrected chi connectivity index (χ1v) is 8.31. The van der Waals surface area contributed by atoms with Gasteiger partial charge < -0.3 is 10.6 Å². The minimum atomic E-state index is -0.0575. The number of hydrogen-bond acceptors (Lipinski definition) is 3. The second-order valence-electron chi connectivity index (χ2n) is 5.31. The Morgan fingerprint density at radius 1 is 1.38 bits per heavy atom. The molecular formula is C16H22N2O2S. The van der Waals surface area contributed by atoms with Crippen LogP contribution in [0.2, 0.25) is 0 Å². The van der Waals surface area contributed by atoms with E-state index in [9.17, 15) is 9.59 Å². The number of anilines is 1. The fourth-order valence-electron chi connectivity index (χ4n) is 2.36. The number of carbonyl (C=O) groups excluding carboxylic acids is 2. The lowest BCUT2D eigenvalue weighted by atomic mass is 10.0. The fraction of sp³-hybridized carbons (Fsp3) is 0.500. The van der Waals surface area contributed by atoms with E-state index < -0.39 is 0 Å². The summed E-state index contributed by atoms with van der Waals surface area (Å²) in [4.78, 5) is 24.8. The van der Waals surface area contributed by atoms with Gasteiger partial charge in [-0.1, -0.05) is 19.9 Å². The monoisotopic (exact) mass is 306 g/mol. The third-order valence-electron chi connectivity index (χ3n) is 3.80. The van der Waals surface area contributed by atoms with E-state index in [2.05, 4.69) is 10.6 Å². The predicted molar refractivity (Wildman–Crippen MR) is 86.3 cm³/mol. The number of hydrogen-bond donors (Lipinski definition) is 2. The van der Waals surface area contributed by atoms with Gasteiger partial charge in [0.2, 0.25) is 11.8 Å². The van der Waals surface area contributed by atoms with E-state index in [0.717, 1.165) is 29.0 Å². The Labute approximate surface area is 130 Å². The Morgan fingerprint density at radius 2 is 2.10 bits per heavy atom. The van der Waals surface area contributed by atoms with Crippen molar-refractivity contribution in [1.82, 2.24) is 5.32 Å². The smallest absolute Gasteiger partial charge is 0.237 e. The van der Waals surface area contributed by atoms with Crippen molar-refractivity contribution in [3.63, 3.8) is 0 Å². The van der Waals surface area contributed by atoms with E-state index in [4.69, 9.17) is 0 Å². The van der Waals surface area contributed by atoms with Crippen LogP contribution in [0.15, 0.2) is 23.1 Å². The third-order valence-corrected chi connectivity index (χ3v) is 4.98. The summed E-state index contributed by atoms with van der Waals surface area (Å²) in [7, 11) is 0. The van der Waals surface area contributed by atoms with Crippen molar-refractivity contribution in [2.24, 2.45) is 5.92 Å². The molecule has 0 aromatic heterocycles. The van der Waals surface area contributed by atoms with Gasteiger partial charge in [-0.3, -0.25) is 9.59 Å². The molecule has 1 aliphatic heterocycles. The minimum absolute atomic E-state index is 0.0331. The first-order chi connectivity index (χ1) is 10.0. The van der Waals surface area contributed by atoms with Gasteiger partial charge in [-0.25, -0.2) is 0 Å². The Morgan fingerprint density at radius 3 is 2.76 bits per heavy atom. The van der Waals surface area contributed by atoms with Crippen molar-refractivity contribution in [1.29, 1.82) is 0 Å². The summed E-state index contributed by atoms with van der Waals surface area (Å²) in [6, 6.07) is 5.96. The van der Waals surface area contributed by atoms with Gasteiger partial charge in [0.15, 0.2) is 0 Å². The van der Waals surface area contributed by atoms with Gasteiger partial charge in [-0.05, 0) is 37.5 Å². The van der Waals surface area contributed by atoms with E-state index in [1.54, 1.807) is 11.8 Å². The van der Waals surface area contributed by atoms with Crippen LogP contribution in [0.5, 0.6) is 0 Å². The molecule has 2 N–H and O–H groups in total. The zero-order valence-corrected chi connectivity index (χ0v) is 13.5. The Bertz CT molecular complexity index is 541. The minimum Gasteiger partial charge on any atom is -0.352 e. The van der Waals surface area contributed by atoms with Gasteiger partial charge in [0.1, 0.15) is 0 Å². The molecule has 0 fully saturated rings. The summed E-state index contributed by atoms with van der Waals surface area (Å²) in [5.74, 6) is 0.217. The van der Waals surface area contributed by atoms with Crippen LogP contribution in [0.25, 0.3) is 0 Å². The van der Waals surface area contributed by atoms with Gasteiger partial charge in [0.25, 0.3) is 0 Å². The van der Waals surface area contributed by atoms with Crippen LogP contribution in [0, 0.1) is 5.92 Å². The van der Waals surface area contributed by atoms with Crippen molar-refractivity contribution in [3.8, 4) is 0 Å². The number of nitrogens with one attached hydrogen (secondary N) is 2. The second-order valence-corrected chi connectivity index (χ2v) is 6.69. The highest BCUT2D eigenvalue weighted by molar-refractivity contribution is 8.00. The molecule has 1 atom stereocenters. The predicted octanol–water partition coefficient (Wildman–Crippen LogP) is 3.17. The van der Waals surface area contributed by atoms with Crippen LogP contribution >= 0.6 is 11.8 Å². The van der Waals surface area contributed by atoms with Crippen molar-refractivity contribution in [3.05, 3.63) is 23.8 Å². The van der Waals surface area contributed by atoms with Crippen LogP contribution in [-0.4, -0.2) is 17.1 Å². The van der Waals surface area contributed by atoms with E-state index in [1.165, 1.54) is 0 Å². The average Bonchev–Trinajstić information content (AvgIpc) is 2.47. The summed E-state index contributed by atoms with van der Waals surface area (Å²) in [5.41, 5.74) is 1.85. The molecule has 0 bridgehead atoms. The molecule has 1 heterocycles. The summed E-state index contributed by atoms with van der Waals surface area (Å²) < 4.78 is 0. The van der Waals surface area contributed by atoms with E-state index in [0.29, 0.717) is 6.54 Å². The maximum atomic E-state index is 12.0. The topological polar surface area (TPSA) is 58.2 Å². The molecule has 1 aromatic rings. The van der Waals surface area contributed by atoms with Crippen molar-refractivity contribution < 1.29 is 9.59 Å². The normalized spacial score (nSPS) is 17.3. The standard InChI is InChI=1S/C16H22N2O2S/c1-4-12(5-2)16(20)17-9-11-6-7-14-13(8-11)18-15(19)10(3)21-14/h6-8,10,12H,4-5,9H2,1-3H3,(H,17,20)(H,18,19). The van der Waals surface area contributed by atoms with Crippen LogP contribution < -0.4 is 10.6 Å². The van der Waals surface area contributed by atoms with E-state index in [-0.39, 0.29) is 23.0 Å². The molecule has 2 rings (SSSR count). The molecule has 1 aromatic carbocycles. The third kappa shape index (κ3) is 3.79. The van der Waals surface area contributed by atoms with Crippen LogP contribution in [0.4, 0.5) is 5.69 Å². The van der Waals surface area contributed by atoms with Gasteiger partial charge in [0, 0.05) is 17.4 Å². The molecule has 0 radical (unpaired) electrons. The summed E-state index contributed by atoms with van der Waals surface area (Å²) in [6.07, 6.45) is 1.72. The molecule has 4 nitrogen and oxygen atoms in total. The van der Waals surface area contributed by atoms with Gasteiger partial charge in [-0.15, -0.1) is 11.8 Å². The molecule has 0 spiro atoms. The highest BCUT2D eigenvalue weighted by Crippen LogP contribution is 2.35. The number of fused-ring (bicyclic) bond motifs is 1. The summed E-state index contributed by atoms with van der Waals surface area (Å²) >= 11 is 1.57. The van der Waals surface area contributed by atoms with Crippen molar-refractivity contribution in [2.45, 2.75) is 50.3 Å². The molecule has 114 valence electrons. The van der Waals surface area contributed by atoms with Gasteiger partial charge in [0.05, 0.1) is 10.9 Å². The Hall–Kier alpha value is -1.49. The van der Waals surface area contributed by atoms with E-state index in [1.807, 2.05) is 39.0 Å². The first kappa shape index (κ1) is 15.9. The number of carbonyl (C=O) groups is 2. The maximum absolute atomic E-state index is 12.0. The molecule has 0 saturated heterocycles. The molecule has 0 saturated carbocycles. The molecule has 1 unspecified atom stereocenters. The highest BCUT2D eigenvalue weighted by atomic mass is 32.2. The first-order valence-electron chi connectivity index (χ1n) is 7.43. The number of thioether (sulfide) groups is 1. The lowest BCUT2D eigenvalue weighted by Crippen LogP contribution is -2.30. The zero-order chi connectivity index (χ0) is 15.4. The molecule has 5 heteroatoms. The lowest BCUT2D eigenvalue weighted by Gasteiger charge is -2.22. The SMILES string of the molecule is CCC(CC)C(=O)NCc1ccc2c(c1)NC(=O)C(C)S2. The number of amides is 2. The van der Waals surface area contributed by atoms with Crippen LogP contribution in [0.1, 0.15) is 39.2 Å². The summed E-state index contributed by atoms with van der Waals surface area (Å²) in [6.45, 7) is 6.45. The largest absolute Gasteiger partial charge is 0.352 e. The molecule has 21 heavy (non-hydrogen) atoms. The average molecular weight is 306 g/mol. The maximum Gasteiger partial charge on any atom is 0.237 e. The molecular weight excluding hydrogens is 284 g/mol. The van der Waals surface area contributed by atoms with Crippen molar-refractivity contribution >= 4 is 29.3 Å². The zero-order valence-electron chi connectivity index (χ0n) is 12.7. The second kappa shape index (κ2) is 6.98. The quantitative estimate of drug-likeness (QED) is 0.878. The van der Waals surface area contributed by atoms with Crippen molar-refractivity contribution in [2.75, 3.05) is 5.32 Å². The Balaban J connectivity index is 2.01. The molecule has 0 aliphatic carbocycles. The van der Waals surface area contributed by atoms with E-state index >= 15 is 0 Å². The highest BCUT2D eigenvalue weighted by Gasteiger charge is 2.23. The summed E-state index contributed by atoms with van der Waals surface area (Å²) in [5, 5.41) is 5.82. The number of benzene rings is 1. The lowest BCUT2D eigenvalue weighted by molar-refractivity contribution is -0.125. The number of rotatable bonds is 5. The fourth-order valence-corrected chi connectivity index (χ4v) is 3.29.